The summed E-state index contributed by atoms with van der Waals surface area (Å²) < 4.78 is 1.48. The quantitative estimate of drug-likeness (QED) is 0.677. The standard InChI is InChI=1S/C20H19ClN4O3/c1-20(2,10-22)14-8-6-12-18(28)11-5-7-13(21)17(24(3)4)16(11)25(9-15(26)27)19(12)23-14/h5-8H,9H2,1-4H3,(H,26,27). The van der Waals surface area contributed by atoms with Crippen LogP contribution in [0.5, 0.6) is 0 Å². The first kappa shape index (κ1) is 19.6. The second kappa shape index (κ2) is 6.80. The number of hydrogen-bond donors (Lipinski definition) is 1. The molecule has 0 aliphatic rings. The van der Waals surface area contributed by atoms with Crippen molar-refractivity contribution in [3.8, 4) is 6.07 Å². The molecule has 0 atom stereocenters. The van der Waals surface area contributed by atoms with Gasteiger partial charge < -0.3 is 14.6 Å². The molecule has 0 unspecified atom stereocenters. The van der Waals surface area contributed by atoms with Gasteiger partial charge in [-0.05, 0) is 38.1 Å². The number of benzene rings is 1. The van der Waals surface area contributed by atoms with Gasteiger partial charge in [-0.2, -0.15) is 5.26 Å². The van der Waals surface area contributed by atoms with E-state index in [9.17, 15) is 20.0 Å². The SMILES string of the molecule is CN(C)c1c(Cl)ccc2c(=O)c3ccc(C(C)(C)C#N)nc3n(CC(=O)O)c12. The van der Waals surface area contributed by atoms with Crippen molar-refractivity contribution >= 4 is 45.2 Å². The molecular formula is C20H19ClN4O3. The average molecular weight is 399 g/mol. The molecule has 144 valence electrons. The van der Waals surface area contributed by atoms with Gasteiger partial charge in [-0.3, -0.25) is 9.59 Å². The lowest BCUT2D eigenvalue weighted by Crippen LogP contribution is -2.22. The Morgan fingerprint density at radius 2 is 1.93 bits per heavy atom. The molecule has 0 aliphatic carbocycles. The van der Waals surface area contributed by atoms with Gasteiger partial charge in [-0.15, -0.1) is 0 Å². The number of carboxylic acids is 1. The Kier molecular flexibility index (Phi) is 4.77. The van der Waals surface area contributed by atoms with Crippen molar-refractivity contribution in [2.24, 2.45) is 0 Å². The Morgan fingerprint density at radius 1 is 1.29 bits per heavy atom. The van der Waals surface area contributed by atoms with Gasteiger partial charge in [0.25, 0.3) is 0 Å². The zero-order valence-corrected chi connectivity index (χ0v) is 16.7. The van der Waals surface area contributed by atoms with Crippen molar-refractivity contribution in [2.45, 2.75) is 25.8 Å². The van der Waals surface area contributed by atoms with Crippen LogP contribution in [-0.4, -0.2) is 34.7 Å². The summed E-state index contributed by atoms with van der Waals surface area (Å²) in [6.45, 7) is 3.02. The number of nitriles is 1. The molecule has 0 amide bonds. The smallest absolute Gasteiger partial charge is 0.323 e. The van der Waals surface area contributed by atoms with Gasteiger partial charge in [0.05, 0.1) is 38.8 Å². The molecule has 3 rings (SSSR count). The Balaban J connectivity index is 2.61. The molecule has 0 spiro atoms. The third kappa shape index (κ3) is 3.06. The van der Waals surface area contributed by atoms with E-state index < -0.39 is 17.9 Å². The highest BCUT2D eigenvalue weighted by Gasteiger charge is 2.25. The van der Waals surface area contributed by atoms with Gasteiger partial charge in [0.2, 0.25) is 0 Å². The zero-order chi connectivity index (χ0) is 20.8. The molecule has 1 aromatic carbocycles. The van der Waals surface area contributed by atoms with Crippen LogP contribution in [0.3, 0.4) is 0 Å². The van der Waals surface area contributed by atoms with Gasteiger partial charge in [0, 0.05) is 19.5 Å². The predicted molar refractivity (Wildman–Crippen MR) is 109 cm³/mol. The normalized spacial score (nSPS) is 11.6. The lowest BCUT2D eigenvalue weighted by molar-refractivity contribution is -0.137. The number of anilines is 1. The van der Waals surface area contributed by atoms with Crippen LogP contribution < -0.4 is 10.3 Å². The molecule has 8 heteroatoms. The minimum absolute atomic E-state index is 0.214. The monoisotopic (exact) mass is 398 g/mol. The third-order valence-electron chi connectivity index (χ3n) is 4.65. The summed E-state index contributed by atoms with van der Waals surface area (Å²) in [5, 5.41) is 20.0. The molecule has 0 bridgehead atoms. The van der Waals surface area contributed by atoms with Gasteiger partial charge in [0.15, 0.2) is 5.43 Å². The maximum Gasteiger partial charge on any atom is 0.323 e. The number of pyridine rings is 2. The first-order valence-electron chi connectivity index (χ1n) is 8.55. The van der Waals surface area contributed by atoms with Gasteiger partial charge >= 0.3 is 5.97 Å². The number of aromatic nitrogens is 2. The summed E-state index contributed by atoms with van der Waals surface area (Å²) in [6.07, 6.45) is 0. The number of carbonyl (C=O) groups is 1. The van der Waals surface area contributed by atoms with Crippen LogP contribution in [0.25, 0.3) is 21.9 Å². The number of hydrogen-bond acceptors (Lipinski definition) is 5. The third-order valence-corrected chi connectivity index (χ3v) is 4.96. The number of rotatable bonds is 4. The number of aliphatic carboxylic acids is 1. The number of nitrogens with zero attached hydrogens (tertiary/aromatic N) is 4. The van der Waals surface area contributed by atoms with Crippen molar-refractivity contribution in [1.82, 2.24) is 9.55 Å². The maximum atomic E-state index is 13.1. The summed E-state index contributed by atoms with van der Waals surface area (Å²) in [7, 11) is 3.53. The topological polar surface area (TPSA) is 99.2 Å². The van der Waals surface area contributed by atoms with Gasteiger partial charge in [-0.1, -0.05) is 11.6 Å². The lowest BCUT2D eigenvalue weighted by atomic mass is 9.90. The van der Waals surface area contributed by atoms with Crippen LogP contribution in [0.1, 0.15) is 19.5 Å². The lowest BCUT2D eigenvalue weighted by Gasteiger charge is -2.22. The van der Waals surface area contributed by atoms with Crippen molar-refractivity contribution in [3.05, 3.63) is 45.2 Å². The van der Waals surface area contributed by atoms with Crippen LogP contribution in [-0.2, 0) is 16.8 Å². The fraction of sp³-hybridized carbons (Fsp3) is 0.300. The minimum atomic E-state index is -1.08. The average Bonchev–Trinajstić information content (AvgIpc) is 2.63. The number of carboxylic acid groups (broad SMARTS) is 1. The van der Waals surface area contributed by atoms with Crippen molar-refractivity contribution in [3.63, 3.8) is 0 Å². The summed E-state index contributed by atoms with van der Waals surface area (Å²) >= 11 is 6.37. The number of halogens is 1. The molecule has 28 heavy (non-hydrogen) atoms. The molecule has 3 aromatic rings. The Hall–Kier alpha value is -3.11. The van der Waals surface area contributed by atoms with Crippen LogP contribution in [0.4, 0.5) is 5.69 Å². The second-order valence-electron chi connectivity index (χ2n) is 7.30. The summed E-state index contributed by atoms with van der Waals surface area (Å²) in [5.74, 6) is -1.08. The molecule has 0 aliphatic heterocycles. The summed E-state index contributed by atoms with van der Waals surface area (Å²) in [4.78, 5) is 31.0. The van der Waals surface area contributed by atoms with E-state index in [-0.39, 0.29) is 11.1 Å². The molecule has 2 aromatic heterocycles. The van der Waals surface area contributed by atoms with Crippen LogP contribution >= 0.6 is 11.6 Å². The minimum Gasteiger partial charge on any atom is -0.480 e. The van der Waals surface area contributed by atoms with Crippen molar-refractivity contribution < 1.29 is 9.90 Å². The van der Waals surface area contributed by atoms with E-state index in [1.54, 1.807) is 57.1 Å². The van der Waals surface area contributed by atoms with E-state index in [2.05, 4.69) is 11.1 Å². The Bertz CT molecular complexity index is 1220. The van der Waals surface area contributed by atoms with Crippen LogP contribution in [0.15, 0.2) is 29.1 Å². The van der Waals surface area contributed by atoms with E-state index >= 15 is 0 Å². The highest BCUT2D eigenvalue weighted by molar-refractivity contribution is 6.35. The molecule has 0 saturated heterocycles. The first-order chi connectivity index (χ1) is 13.1. The second-order valence-corrected chi connectivity index (χ2v) is 7.71. The summed E-state index contributed by atoms with van der Waals surface area (Å²) in [5.41, 5.74) is 0.439. The van der Waals surface area contributed by atoms with Gasteiger partial charge in [0.1, 0.15) is 12.2 Å². The van der Waals surface area contributed by atoms with Crippen molar-refractivity contribution in [1.29, 1.82) is 5.26 Å². The van der Waals surface area contributed by atoms with E-state index in [0.717, 1.165) is 0 Å². The molecule has 7 nitrogen and oxygen atoms in total. The molecule has 0 radical (unpaired) electrons. The highest BCUT2D eigenvalue weighted by atomic mass is 35.5. The predicted octanol–water partition coefficient (Wildman–Crippen LogP) is 3.15. The van der Waals surface area contributed by atoms with Crippen molar-refractivity contribution in [2.75, 3.05) is 19.0 Å². The van der Waals surface area contributed by atoms with Crippen LogP contribution in [0.2, 0.25) is 5.02 Å². The highest BCUT2D eigenvalue weighted by Crippen LogP contribution is 2.34. The van der Waals surface area contributed by atoms with E-state index in [1.165, 1.54) is 4.57 Å². The molecule has 1 N–H and O–H groups in total. The van der Waals surface area contributed by atoms with E-state index in [1.807, 2.05) is 0 Å². The molecule has 0 fully saturated rings. The first-order valence-corrected chi connectivity index (χ1v) is 8.93. The zero-order valence-electron chi connectivity index (χ0n) is 15.9. The largest absolute Gasteiger partial charge is 0.480 e. The number of fused-ring (bicyclic) bond motifs is 2. The fourth-order valence-electron chi connectivity index (χ4n) is 3.21. The molecule has 2 heterocycles. The van der Waals surface area contributed by atoms with Gasteiger partial charge in [-0.25, -0.2) is 4.98 Å². The van der Waals surface area contributed by atoms with E-state index in [4.69, 9.17) is 11.6 Å². The fourth-order valence-corrected chi connectivity index (χ4v) is 3.54. The maximum absolute atomic E-state index is 13.1. The van der Waals surface area contributed by atoms with E-state index in [0.29, 0.717) is 32.7 Å². The van der Waals surface area contributed by atoms with Crippen LogP contribution in [0, 0.1) is 11.3 Å². The Labute approximate surface area is 166 Å². The summed E-state index contributed by atoms with van der Waals surface area (Å²) in [6, 6.07) is 8.63. The molecule has 0 saturated carbocycles. The molecular weight excluding hydrogens is 380 g/mol. The Morgan fingerprint density at radius 3 is 2.50 bits per heavy atom.